The van der Waals surface area contributed by atoms with Gasteiger partial charge in [0.2, 0.25) is 0 Å². The fourth-order valence-electron chi connectivity index (χ4n) is 2.49. The third-order valence-corrected chi connectivity index (χ3v) is 3.92. The molecular weight excluding hydrogens is 358 g/mol. The van der Waals surface area contributed by atoms with Gasteiger partial charge in [-0.05, 0) is 36.8 Å². The number of nitrogens with one attached hydrogen (secondary N) is 3. The maximum absolute atomic E-state index is 12.1. The lowest BCUT2D eigenvalue weighted by Gasteiger charge is -2.09. The standard InChI is InChI=1S/C19H21N7O2/c1-13-5-6-20-16(10-13)25-17-11-15(23-12-24-17)21-7-8-22-18(27)14-4-3-9-26(2)19(14)28/h3-6,9-12H,7-8H2,1-2H3,(H,22,27)(H2,20,21,23,24,25). The van der Waals surface area contributed by atoms with E-state index in [0.717, 1.165) is 5.56 Å². The Morgan fingerprint density at radius 2 is 1.86 bits per heavy atom. The number of amides is 1. The van der Waals surface area contributed by atoms with E-state index in [2.05, 4.69) is 30.9 Å². The minimum Gasteiger partial charge on any atom is -0.368 e. The van der Waals surface area contributed by atoms with E-state index in [-0.39, 0.29) is 11.1 Å². The van der Waals surface area contributed by atoms with Gasteiger partial charge in [0.15, 0.2) is 0 Å². The molecule has 0 spiro atoms. The molecule has 144 valence electrons. The minimum atomic E-state index is -0.404. The molecule has 3 heterocycles. The summed E-state index contributed by atoms with van der Waals surface area (Å²) in [6.07, 6.45) is 4.77. The van der Waals surface area contributed by atoms with Crippen molar-refractivity contribution in [2.24, 2.45) is 7.05 Å². The summed E-state index contributed by atoms with van der Waals surface area (Å²) in [6, 6.07) is 8.74. The number of carbonyl (C=O) groups excluding carboxylic acids is 1. The molecule has 0 aliphatic carbocycles. The minimum absolute atomic E-state index is 0.115. The SMILES string of the molecule is Cc1ccnc(Nc2cc(NCCNC(=O)c3cccn(C)c3=O)ncn2)c1. The molecule has 3 aromatic heterocycles. The van der Waals surface area contributed by atoms with E-state index >= 15 is 0 Å². The van der Waals surface area contributed by atoms with E-state index in [4.69, 9.17) is 0 Å². The van der Waals surface area contributed by atoms with Crippen LogP contribution < -0.4 is 21.5 Å². The van der Waals surface area contributed by atoms with Crippen molar-refractivity contribution < 1.29 is 4.79 Å². The maximum Gasteiger partial charge on any atom is 0.263 e. The predicted molar refractivity (Wildman–Crippen MR) is 107 cm³/mol. The molecule has 0 aliphatic heterocycles. The van der Waals surface area contributed by atoms with Crippen LogP contribution in [0.4, 0.5) is 17.5 Å². The Hall–Kier alpha value is -3.75. The first-order chi connectivity index (χ1) is 13.5. The van der Waals surface area contributed by atoms with Gasteiger partial charge in [-0.2, -0.15) is 0 Å². The Kier molecular flexibility index (Phi) is 5.95. The van der Waals surface area contributed by atoms with Crippen LogP contribution in [0.15, 0.2) is 53.8 Å². The van der Waals surface area contributed by atoms with Gasteiger partial charge in [-0.3, -0.25) is 9.59 Å². The van der Waals surface area contributed by atoms with Crippen LogP contribution in [0.2, 0.25) is 0 Å². The lowest BCUT2D eigenvalue weighted by Crippen LogP contribution is -2.34. The van der Waals surface area contributed by atoms with Crippen molar-refractivity contribution in [3.8, 4) is 0 Å². The van der Waals surface area contributed by atoms with Crippen molar-refractivity contribution in [1.29, 1.82) is 0 Å². The zero-order valence-corrected chi connectivity index (χ0v) is 15.6. The molecule has 0 aliphatic rings. The molecule has 0 saturated carbocycles. The summed E-state index contributed by atoms with van der Waals surface area (Å²) in [4.78, 5) is 36.6. The average Bonchev–Trinajstić information content (AvgIpc) is 2.67. The molecular formula is C19H21N7O2. The zero-order valence-electron chi connectivity index (χ0n) is 15.6. The Morgan fingerprint density at radius 1 is 1.07 bits per heavy atom. The van der Waals surface area contributed by atoms with Crippen LogP contribution in [0.25, 0.3) is 0 Å². The van der Waals surface area contributed by atoms with E-state index in [0.29, 0.717) is 30.5 Å². The zero-order chi connectivity index (χ0) is 19.9. The monoisotopic (exact) mass is 379 g/mol. The number of pyridine rings is 2. The molecule has 3 rings (SSSR count). The van der Waals surface area contributed by atoms with Crippen LogP contribution in [0, 0.1) is 6.92 Å². The smallest absolute Gasteiger partial charge is 0.263 e. The summed E-state index contributed by atoms with van der Waals surface area (Å²) >= 11 is 0. The normalized spacial score (nSPS) is 10.4. The van der Waals surface area contributed by atoms with Gasteiger partial charge in [0, 0.05) is 38.6 Å². The van der Waals surface area contributed by atoms with Crippen LogP contribution in [-0.4, -0.2) is 38.5 Å². The quantitative estimate of drug-likeness (QED) is 0.533. The molecule has 0 fully saturated rings. The van der Waals surface area contributed by atoms with Gasteiger partial charge in [0.05, 0.1) is 0 Å². The van der Waals surface area contributed by atoms with Crippen molar-refractivity contribution in [3.05, 3.63) is 70.5 Å². The van der Waals surface area contributed by atoms with E-state index in [9.17, 15) is 9.59 Å². The molecule has 0 bridgehead atoms. The van der Waals surface area contributed by atoms with Gasteiger partial charge >= 0.3 is 0 Å². The first-order valence-corrected chi connectivity index (χ1v) is 8.72. The highest BCUT2D eigenvalue weighted by atomic mass is 16.2. The van der Waals surface area contributed by atoms with Gasteiger partial charge in [-0.15, -0.1) is 0 Å². The number of hydrogen-bond acceptors (Lipinski definition) is 7. The Morgan fingerprint density at radius 3 is 2.68 bits per heavy atom. The van der Waals surface area contributed by atoms with Crippen LogP contribution in [0.1, 0.15) is 15.9 Å². The molecule has 28 heavy (non-hydrogen) atoms. The van der Waals surface area contributed by atoms with Crippen LogP contribution in [0.5, 0.6) is 0 Å². The van der Waals surface area contributed by atoms with Gasteiger partial charge in [-0.25, -0.2) is 15.0 Å². The summed E-state index contributed by atoms with van der Waals surface area (Å²) in [5, 5.41) is 8.94. The van der Waals surface area contributed by atoms with E-state index in [1.54, 1.807) is 31.6 Å². The molecule has 0 unspecified atom stereocenters. The fraction of sp³-hybridized carbons (Fsp3) is 0.211. The van der Waals surface area contributed by atoms with Gasteiger partial charge in [0.25, 0.3) is 11.5 Å². The number of anilines is 3. The average molecular weight is 379 g/mol. The van der Waals surface area contributed by atoms with Gasteiger partial charge in [-0.1, -0.05) is 0 Å². The van der Waals surface area contributed by atoms with E-state index < -0.39 is 5.91 Å². The molecule has 9 heteroatoms. The van der Waals surface area contributed by atoms with Crippen molar-refractivity contribution in [2.45, 2.75) is 6.92 Å². The van der Waals surface area contributed by atoms with Crippen molar-refractivity contribution in [3.63, 3.8) is 0 Å². The second-order valence-electron chi connectivity index (χ2n) is 6.15. The molecule has 0 atom stereocenters. The summed E-state index contributed by atoms with van der Waals surface area (Å²) < 4.78 is 1.37. The molecule has 9 nitrogen and oxygen atoms in total. The Bertz CT molecular complexity index is 1030. The lowest BCUT2D eigenvalue weighted by molar-refractivity contribution is 0.0953. The molecule has 0 saturated heterocycles. The highest BCUT2D eigenvalue weighted by Crippen LogP contribution is 2.14. The van der Waals surface area contributed by atoms with Crippen molar-refractivity contribution >= 4 is 23.4 Å². The summed E-state index contributed by atoms with van der Waals surface area (Å²) in [5.74, 6) is 1.50. The lowest BCUT2D eigenvalue weighted by atomic mass is 10.2. The largest absolute Gasteiger partial charge is 0.368 e. The number of aryl methyl sites for hydroxylation is 2. The van der Waals surface area contributed by atoms with E-state index in [1.165, 1.54) is 17.0 Å². The second kappa shape index (κ2) is 8.76. The number of aromatic nitrogens is 4. The highest BCUT2D eigenvalue weighted by molar-refractivity contribution is 5.93. The predicted octanol–water partition coefficient (Wildman–Crippen LogP) is 1.46. The Balaban J connectivity index is 1.52. The number of nitrogens with zero attached hydrogens (tertiary/aromatic N) is 4. The molecule has 3 aromatic rings. The van der Waals surface area contributed by atoms with E-state index in [1.807, 2.05) is 19.1 Å². The maximum atomic E-state index is 12.1. The van der Waals surface area contributed by atoms with Gasteiger partial charge < -0.3 is 20.5 Å². The topological polar surface area (TPSA) is 114 Å². The van der Waals surface area contributed by atoms with Crippen molar-refractivity contribution in [2.75, 3.05) is 23.7 Å². The Labute approximate surface area is 161 Å². The molecule has 1 amide bonds. The first-order valence-electron chi connectivity index (χ1n) is 8.72. The molecule has 0 radical (unpaired) electrons. The van der Waals surface area contributed by atoms with Crippen molar-refractivity contribution in [1.82, 2.24) is 24.8 Å². The molecule has 3 N–H and O–H groups in total. The highest BCUT2D eigenvalue weighted by Gasteiger charge is 2.10. The molecule has 0 aromatic carbocycles. The summed E-state index contributed by atoms with van der Waals surface area (Å²) in [6.45, 7) is 2.76. The third-order valence-electron chi connectivity index (χ3n) is 3.92. The summed E-state index contributed by atoms with van der Waals surface area (Å²) in [5.41, 5.74) is 0.877. The number of rotatable bonds is 7. The number of carbonyl (C=O) groups is 1. The van der Waals surface area contributed by atoms with Crippen LogP contribution >= 0.6 is 0 Å². The second-order valence-corrected chi connectivity index (χ2v) is 6.15. The number of hydrogen-bond donors (Lipinski definition) is 3. The fourth-order valence-corrected chi connectivity index (χ4v) is 2.49. The third kappa shape index (κ3) is 4.91. The van der Waals surface area contributed by atoms with Crippen LogP contribution in [-0.2, 0) is 7.05 Å². The first kappa shape index (κ1) is 19.0. The van der Waals surface area contributed by atoms with Crippen LogP contribution in [0.3, 0.4) is 0 Å². The van der Waals surface area contributed by atoms with Gasteiger partial charge in [0.1, 0.15) is 29.3 Å². The summed E-state index contributed by atoms with van der Waals surface area (Å²) in [7, 11) is 1.60.